The fraction of sp³-hybridized carbons (Fsp3) is 0.500. The van der Waals surface area contributed by atoms with E-state index in [9.17, 15) is 9.18 Å². The Kier molecular flexibility index (Phi) is 4.41. The maximum Gasteiger partial charge on any atom is 0.344 e. The van der Waals surface area contributed by atoms with Crippen LogP contribution in [-0.4, -0.2) is 29.3 Å². The van der Waals surface area contributed by atoms with Gasteiger partial charge in [-0.25, -0.2) is 9.18 Å². The van der Waals surface area contributed by atoms with Gasteiger partial charge in [0.2, 0.25) is 0 Å². The number of rotatable bonds is 4. The Bertz CT molecular complexity index is 911. The van der Waals surface area contributed by atoms with Crippen molar-refractivity contribution >= 4 is 29.2 Å². The molecule has 3 fully saturated rings. The number of benzene rings is 1. The Morgan fingerprint density at radius 3 is 2.46 bits per heavy atom. The molecule has 2 aromatic rings. The number of fused-ring (bicyclic) bond motifs is 2. The van der Waals surface area contributed by atoms with Crippen molar-refractivity contribution in [1.82, 2.24) is 10.5 Å². The highest BCUT2D eigenvalue weighted by Gasteiger charge is 2.53. The lowest BCUT2D eigenvalue weighted by Gasteiger charge is -2.28. The molecule has 0 spiro atoms. The Morgan fingerprint density at radius 2 is 1.86 bits per heavy atom. The third-order valence-corrected chi connectivity index (χ3v) is 6.53. The van der Waals surface area contributed by atoms with Crippen LogP contribution in [0.2, 0.25) is 10.0 Å². The van der Waals surface area contributed by atoms with Gasteiger partial charge in [0.05, 0.1) is 10.0 Å². The summed E-state index contributed by atoms with van der Waals surface area (Å²) in [5, 5.41) is 8.10. The molecule has 2 unspecified atom stereocenters. The first-order chi connectivity index (χ1) is 13.4. The maximum absolute atomic E-state index is 14.9. The van der Waals surface area contributed by atoms with Crippen molar-refractivity contribution in [2.24, 2.45) is 0 Å². The van der Waals surface area contributed by atoms with E-state index in [-0.39, 0.29) is 36.0 Å². The van der Waals surface area contributed by atoms with Gasteiger partial charge in [0.1, 0.15) is 17.4 Å². The van der Waals surface area contributed by atoms with E-state index < -0.39 is 11.6 Å². The van der Waals surface area contributed by atoms with Crippen LogP contribution in [0.25, 0.3) is 11.3 Å². The summed E-state index contributed by atoms with van der Waals surface area (Å²) in [6.45, 7) is 0. The van der Waals surface area contributed by atoms with Crippen LogP contribution >= 0.6 is 23.2 Å². The highest BCUT2D eigenvalue weighted by atomic mass is 35.5. The largest absolute Gasteiger partial charge is 0.459 e. The summed E-state index contributed by atoms with van der Waals surface area (Å²) < 4.78 is 26.0. The quantitative estimate of drug-likeness (QED) is 0.695. The van der Waals surface area contributed by atoms with Gasteiger partial charge in [-0.2, -0.15) is 0 Å². The molecule has 5 nitrogen and oxygen atoms in total. The van der Waals surface area contributed by atoms with Crippen LogP contribution in [0.5, 0.6) is 0 Å². The first-order valence-corrected chi connectivity index (χ1v) is 10.3. The molecule has 0 radical (unpaired) electrons. The lowest BCUT2D eigenvalue weighted by atomic mass is 10.0. The van der Waals surface area contributed by atoms with Crippen molar-refractivity contribution < 1.29 is 18.4 Å². The van der Waals surface area contributed by atoms with E-state index in [1.807, 2.05) is 0 Å². The van der Waals surface area contributed by atoms with Crippen LogP contribution in [0.4, 0.5) is 4.39 Å². The summed E-state index contributed by atoms with van der Waals surface area (Å²) in [4.78, 5) is 13.1. The van der Waals surface area contributed by atoms with Gasteiger partial charge in [0.25, 0.3) is 0 Å². The van der Waals surface area contributed by atoms with E-state index in [1.165, 1.54) is 0 Å². The minimum atomic E-state index is -1.68. The normalized spacial score (nSPS) is 27.6. The van der Waals surface area contributed by atoms with Gasteiger partial charge in [-0.3, -0.25) is 0 Å². The number of carbonyl (C=O) groups excluding carboxylic acids is 1. The second-order valence-electron chi connectivity index (χ2n) is 7.93. The second kappa shape index (κ2) is 6.71. The van der Waals surface area contributed by atoms with Crippen LogP contribution in [0, 0.1) is 0 Å². The molecule has 2 bridgehead atoms. The number of halogens is 3. The Balaban J connectivity index is 1.52. The molecule has 3 aliphatic rings. The van der Waals surface area contributed by atoms with E-state index >= 15 is 0 Å². The minimum absolute atomic E-state index is 0.000814. The van der Waals surface area contributed by atoms with Crippen LogP contribution in [-0.2, 0) is 10.4 Å². The molecule has 0 amide bonds. The molecular formula is C20H19Cl2FN2O3. The molecule has 1 aromatic heterocycles. The van der Waals surface area contributed by atoms with Crippen LogP contribution in [0.1, 0.15) is 54.6 Å². The van der Waals surface area contributed by atoms with Gasteiger partial charge in [-0.15, -0.1) is 0 Å². The van der Waals surface area contributed by atoms with Gasteiger partial charge in [-0.05, 0) is 50.7 Å². The number of hydrogen-bond acceptors (Lipinski definition) is 5. The molecule has 3 atom stereocenters. The molecule has 1 aliphatic carbocycles. The first-order valence-electron chi connectivity index (χ1n) is 9.55. The molecule has 2 aliphatic heterocycles. The minimum Gasteiger partial charge on any atom is -0.459 e. The smallest absolute Gasteiger partial charge is 0.344 e. The molecule has 1 saturated carbocycles. The number of carbonyl (C=O) groups is 1. The summed E-state index contributed by atoms with van der Waals surface area (Å²) >= 11 is 12.6. The lowest BCUT2D eigenvalue weighted by Crippen LogP contribution is -2.42. The number of esters is 1. The Hall–Kier alpha value is -1.63. The van der Waals surface area contributed by atoms with Crippen molar-refractivity contribution in [3.8, 4) is 11.3 Å². The molecule has 2 saturated heterocycles. The number of nitrogens with zero attached hydrogens (tertiary/aromatic N) is 1. The zero-order valence-electron chi connectivity index (χ0n) is 15.0. The van der Waals surface area contributed by atoms with Crippen LogP contribution in [0.15, 0.2) is 22.7 Å². The zero-order chi connectivity index (χ0) is 19.5. The molecule has 3 heterocycles. The van der Waals surface area contributed by atoms with Crippen molar-refractivity contribution in [1.29, 1.82) is 0 Å². The molecule has 28 heavy (non-hydrogen) atoms. The van der Waals surface area contributed by atoms with E-state index in [1.54, 1.807) is 18.2 Å². The molecule has 1 N–H and O–H groups in total. The highest BCUT2D eigenvalue weighted by molar-refractivity contribution is 6.39. The van der Waals surface area contributed by atoms with E-state index in [0.717, 1.165) is 25.7 Å². The maximum atomic E-state index is 14.9. The number of alkyl halides is 1. The first kappa shape index (κ1) is 18.4. The van der Waals surface area contributed by atoms with E-state index in [2.05, 4.69) is 10.5 Å². The summed E-state index contributed by atoms with van der Waals surface area (Å²) in [7, 11) is 0. The number of aromatic nitrogens is 1. The second-order valence-corrected chi connectivity index (χ2v) is 8.75. The van der Waals surface area contributed by atoms with Crippen LogP contribution < -0.4 is 5.32 Å². The predicted molar refractivity (Wildman–Crippen MR) is 102 cm³/mol. The van der Waals surface area contributed by atoms with E-state index in [4.69, 9.17) is 32.5 Å². The number of hydrogen-bond donors (Lipinski definition) is 1. The van der Waals surface area contributed by atoms with Crippen molar-refractivity contribution in [2.45, 2.75) is 62.4 Å². The van der Waals surface area contributed by atoms with Gasteiger partial charge in [-0.1, -0.05) is 34.4 Å². The van der Waals surface area contributed by atoms with Gasteiger partial charge >= 0.3 is 5.97 Å². The lowest BCUT2D eigenvalue weighted by molar-refractivity contribution is 0.0172. The van der Waals surface area contributed by atoms with Crippen LogP contribution in [0.3, 0.4) is 0 Å². The van der Waals surface area contributed by atoms with Gasteiger partial charge in [0, 0.05) is 17.6 Å². The molecule has 8 heteroatoms. The molecule has 1 aromatic carbocycles. The zero-order valence-corrected chi connectivity index (χ0v) is 16.5. The van der Waals surface area contributed by atoms with Crippen molar-refractivity contribution in [3.63, 3.8) is 0 Å². The summed E-state index contributed by atoms with van der Waals surface area (Å²) in [5.74, 6) is -0.710. The van der Waals surface area contributed by atoms with Gasteiger partial charge in [0.15, 0.2) is 11.4 Å². The fourth-order valence-electron chi connectivity index (χ4n) is 4.33. The molecule has 148 valence electrons. The molecular weight excluding hydrogens is 406 g/mol. The third kappa shape index (κ3) is 3.11. The monoisotopic (exact) mass is 424 g/mol. The SMILES string of the molecule is O=C(OC1CC2CC[C@H](C1)N2)c1c(-c2c(Cl)cccc2Cl)noc1C1(F)CC1. The molecule has 5 rings (SSSR count). The average molecular weight is 425 g/mol. The van der Waals surface area contributed by atoms with Crippen molar-refractivity contribution in [2.75, 3.05) is 0 Å². The third-order valence-electron chi connectivity index (χ3n) is 5.90. The average Bonchev–Trinajstić information content (AvgIpc) is 3.09. The Morgan fingerprint density at radius 1 is 1.21 bits per heavy atom. The predicted octanol–water partition coefficient (Wildman–Crippen LogP) is 5.05. The van der Waals surface area contributed by atoms with Crippen molar-refractivity contribution in [3.05, 3.63) is 39.6 Å². The Labute approximate surface area is 171 Å². The topological polar surface area (TPSA) is 64.4 Å². The summed E-state index contributed by atoms with van der Waals surface area (Å²) in [6.07, 6.45) is 4.05. The van der Waals surface area contributed by atoms with E-state index in [0.29, 0.717) is 27.7 Å². The fourth-order valence-corrected chi connectivity index (χ4v) is 4.90. The van der Waals surface area contributed by atoms with Gasteiger partial charge < -0.3 is 14.6 Å². The number of ether oxygens (including phenoxy) is 1. The standard InChI is InChI=1S/C20H19Cl2FN2O3/c21-13-2-1-3-14(22)15(13)17-16(18(28-25-17)20(23)6-7-20)19(26)27-12-8-10-4-5-11(9-12)24-10/h1-3,10-12,24H,4-9H2/t10-,11?,12?/m1/s1. The number of nitrogens with one attached hydrogen (secondary N) is 1. The highest BCUT2D eigenvalue weighted by Crippen LogP contribution is 2.53. The summed E-state index contributed by atoms with van der Waals surface area (Å²) in [6, 6.07) is 5.70. The summed E-state index contributed by atoms with van der Waals surface area (Å²) in [5.41, 5.74) is -1.19. The number of piperidine rings is 1.